The SMILES string of the molecule is CCC(CCCSC(C)CO)NC. The summed E-state index contributed by atoms with van der Waals surface area (Å²) in [4.78, 5) is 0. The van der Waals surface area contributed by atoms with Crippen LogP contribution in [-0.2, 0) is 0 Å². The maximum Gasteiger partial charge on any atom is 0.0547 e. The van der Waals surface area contributed by atoms with Crippen molar-refractivity contribution in [2.45, 2.75) is 44.4 Å². The zero-order valence-electron chi connectivity index (χ0n) is 9.05. The molecule has 0 amide bonds. The molecule has 0 aliphatic carbocycles. The predicted molar refractivity (Wildman–Crippen MR) is 61.4 cm³/mol. The van der Waals surface area contributed by atoms with Crippen LogP contribution < -0.4 is 5.32 Å². The number of aliphatic hydroxyl groups is 1. The molecule has 0 radical (unpaired) electrons. The minimum Gasteiger partial charge on any atom is -0.395 e. The van der Waals surface area contributed by atoms with Gasteiger partial charge in [0.1, 0.15) is 0 Å². The van der Waals surface area contributed by atoms with Crippen LogP contribution in [0.3, 0.4) is 0 Å². The summed E-state index contributed by atoms with van der Waals surface area (Å²) in [5.41, 5.74) is 0. The minimum atomic E-state index is 0.300. The van der Waals surface area contributed by atoms with Crippen molar-refractivity contribution < 1.29 is 5.11 Å². The Hall–Kier alpha value is 0.270. The summed E-state index contributed by atoms with van der Waals surface area (Å²) in [5.74, 6) is 1.17. The topological polar surface area (TPSA) is 32.3 Å². The van der Waals surface area contributed by atoms with Crippen LogP contribution in [0.15, 0.2) is 0 Å². The third kappa shape index (κ3) is 7.35. The van der Waals surface area contributed by atoms with Crippen molar-refractivity contribution in [3.05, 3.63) is 0 Å². The Labute approximate surface area is 86.5 Å². The molecular formula is C10H23NOS. The van der Waals surface area contributed by atoms with E-state index in [1.807, 2.05) is 18.8 Å². The monoisotopic (exact) mass is 205 g/mol. The Bertz CT molecular complexity index is 107. The molecule has 2 N–H and O–H groups in total. The zero-order chi connectivity index (χ0) is 10.1. The van der Waals surface area contributed by atoms with E-state index in [4.69, 9.17) is 5.11 Å². The molecule has 0 aliphatic rings. The van der Waals surface area contributed by atoms with Crippen molar-refractivity contribution in [3.8, 4) is 0 Å². The average Bonchev–Trinajstić information content (AvgIpc) is 2.18. The minimum absolute atomic E-state index is 0.300. The van der Waals surface area contributed by atoms with Crippen LogP contribution in [0, 0.1) is 0 Å². The van der Waals surface area contributed by atoms with E-state index in [1.165, 1.54) is 25.0 Å². The number of hydrogen-bond donors (Lipinski definition) is 2. The molecule has 2 atom stereocenters. The summed E-state index contributed by atoms with van der Waals surface area (Å²) < 4.78 is 0. The lowest BCUT2D eigenvalue weighted by atomic mass is 10.1. The van der Waals surface area contributed by atoms with Crippen LogP contribution in [-0.4, -0.2) is 35.8 Å². The summed E-state index contributed by atoms with van der Waals surface area (Å²) in [5, 5.41) is 12.5. The molecule has 0 rings (SSSR count). The molecule has 0 aliphatic heterocycles. The number of thioether (sulfide) groups is 1. The molecule has 0 spiro atoms. The third-order valence-electron chi connectivity index (χ3n) is 2.26. The Morgan fingerprint density at radius 1 is 1.46 bits per heavy atom. The lowest BCUT2D eigenvalue weighted by Crippen LogP contribution is -2.24. The second-order valence-electron chi connectivity index (χ2n) is 3.40. The van der Waals surface area contributed by atoms with Gasteiger partial charge in [-0.3, -0.25) is 0 Å². The fourth-order valence-electron chi connectivity index (χ4n) is 1.22. The van der Waals surface area contributed by atoms with Crippen LogP contribution in [0.5, 0.6) is 0 Å². The third-order valence-corrected chi connectivity index (χ3v) is 3.50. The first-order chi connectivity index (χ1) is 6.24. The summed E-state index contributed by atoms with van der Waals surface area (Å²) in [6.07, 6.45) is 3.70. The fourth-order valence-corrected chi connectivity index (χ4v) is 2.06. The van der Waals surface area contributed by atoms with Crippen molar-refractivity contribution in [3.63, 3.8) is 0 Å². The van der Waals surface area contributed by atoms with Crippen molar-refractivity contribution >= 4 is 11.8 Å². The van der Waals surface area contributed by atoms with Crippen LogP contribution in [0.4, 0.5) is 0 Å². The fraction of sp³-hybridized carbons (Fsp3) is 1.00. The van der Waals surface area contributed by atoms with E-state index in [0.29, 0.717) is 17.9 Å². The summed E-state index contributed by atoms with van der Waals surface area (Å²) in [6, 6.07) is 0.671. The normalized spacial score (nSPS) is 15.7. The van der Waals surface area contributed by atoms with E-state index in [2.05, 4.69) is 19.2 Å². The number of rotatable bonds is 8. The maximum absolute atomic E-state index is 8.80. The second kappa shape index (κ2) is 8.85. The quantitative estimate of drug-likeness (QED) is 0.593. The molecule has 2 nitrogen and oxygen atoms in total. The Morgan fingerprint density at radius 2 is 2.15 bits per heavy atom. The predicted octanol–water partition coefficient (Wildman–Crippen LogP) is 1.88. The Kier molecular flexibility index (Phi) is 9.03. The molecule has 0 aromatic rings. The van der Waals surface area contributed by atoms with Gasteiger partial charge in [0.15, 0.2) is 0 Å². The van der Waals surface area contributed by atoms with Gasteiger partial charge in [0, 0.05) is 11.3 Å². The molecule has 0 aromatic carbocycles. The molecule has 0 heterocycles. The highest BCUT2D eigenvalue weighted by molar-refractivity contribution is 7.99. The van der Waals surface area contributed by atoms with Gasteiger partial charge in [-0.15, -0.1) is 0 Å². The first-order valence-corrected chi connectivity index (χ1v) is 6.19. The molecule has 2 unspecified atom stereocenters. The van der Waals surface area contributed by atoms with Crippen molar-refractivity contribution in [2.75, 3.05) is 19.4 Å². The molecule has 0 saturated carbocycles. The Morgan fingerprint density at radius 3 is 2.62 bits per heavy atom. The molecule has 0 fully saturated rings. The van der Waals surface area contributed by atoms with Gasteiger partial charge in [0.25, 0.3) is 0 Å². The van der Waals surface area contributed by atoms with Gasteiger partial charge in [-0.2, -0.15) is 11.8 Å². The van der Waals surface area contributed by atoms with Crippen LogP contribution in [0.2, 0.25) is 0 Å². The van der Waals surface area contributed by atoms with Gasteiger partial charge < -0.3 is 10.4 Å². The van der Waals surface area contributed by atoms with Crippen molar-refractivity contribution in [1.29, 1.82) is 0 Å². The van der Waals surface area contributed by atoms with Gasteiger partial charge in [-0.1, -0.05) is 13.8 Å². The molecular weight excluding hydrogens is 182 g/mol. The van der Waals surface area contributed by atoms with Crippen LogP contribution >= 0.6 is 11.8 Å². The van der Waals surface area contributed by atoms with Crippen LogP contribution in [0.1, 0.15) is 33.1 Å². The van der Waals surface area contributed by atoms with Crippen molar-refractivity contribution in [1.82, 2.24) is 5.32 Å². The summed E-state index contributed by atoms with van der Waals surface area (Å²) in [6.45, 7) is 4.58. The molecule has 80 valence electrons. The second-order valence-corrected chi connectivity index (χ2v) is 4.95. The largest absolute Gasteiger partial charge is 0.395 e. The maximum atomic E-state index is 8.80. The number of nitrogens with one attached hydrogen (secondary N) is 1. The van der Waals surface area contributed by atoms with E-state index in [0.717, 1.165) is 0 Å². The van der Waals surface area contributed by atoms with Crippen molar-refractivity contribution in [2.24, 2.45) is 0 Å². The lowest BCUT2D eigenvalue weighted by molar-refractivity contribution is 0.300. The molecule has 0 saturated heterocycles. The first-order valence-electron chi connectivity index (χ1n) is 5.14. The molecule has 0 aromatic heterocycles. The summed E-state index contributed by atoms with van der Waals surface area (Å²) >= 11 is 1.86. The van der Waals surface area contributed by atoms with E-state index in [9.17, 15) is 0 Å². The standard InChI is InChI=1S/C10H23NOS/c1-4-10(11-3)6-5-7-13-9(2)8-12/h9-12H,4-8H2,1-3H3. The van der Waals surface area contributed by atoms with E-state index in [1.54, 1.807) is 0 Å². The zero-order valence-corrected chi connectivity index (χ0v) is 9.86. The Balaban J connectivity index is 3.23. The van der Waals surface area contributed by atoms with E-state index in [-0.39, 0.29) is 0 Å². The van der Waals surface area contributed by atoms with Gasteiger partial charge in [-0.25, -0.2) is 0 Å². The van der Waals surface area contributed by atoms with Gasteiger partial charge in [-0.05, 0) is 32.1 Å². The summed E-state index contributed by atoms with van der Waals surface area (Å²) in [7, 11) is 2.03. The number of aliphatic hydroxyl groups excluding tert-OH is 1. The first kappa shape index (κ1) is 13.3. The van der Waals surface area contributed by atoms with E-state index >= 15 is 0 Å². The lowest BCUT2D eigenvalue weighted by Gasteiger charge is -2.13. The molecule has 13 heavy (non-hydrogen) atoms. The average molecular weight is 205 g/mol. The van der Waals surface area contributed by atoms with E-state index < -0.39 is 0 Å². The smallest absolute Gasteiger partial charge is 0.0547 e. The molecule has 0 bridgehead atoms. The highest BCUT2D eigenvalue weighted by atomic mass is 32.2. The highest BCUT2D eigenvalue weighted by Crippen LogP contribution is 2.13. The number of hydrogen-bond acceptors (Lipinski definition) is 3. The van der Waals surface area contributed by atoms with Gasteiger partial charge in [0.2, 0.25) is 0 Å². The van der Waals surface area contributed by atoms with Gasteiger partial charge in [0.05, 0.1) is 6.61 Å². The van der Waals surface area contributed by atoms with Gasteiger partial charge >= 0.3 is 0 Å². The molecule has 3 heteroatoms. The highest BCUT2D eigenvalue weighted by Gasteiger charge is 2.03. The van der Waals surface area contributed by atoms with Crippen LogP contribution in [0.25, 0.3) is 0 Å².